The quantitative estimate of drug-likeness (QED) is 0.643. The summed E-state index contributed by atoms with van der Waals surface area (Å²) >= 11 is 0. The number of hydrogen-bond donors (Lipinski definition) is 3. The van der Waals surface area contributed by atoms with Crippen LogP contribution in [0.1, 0.15) is 20.8 Å². The maximum atomic E-state index is 9.11. The van der Waals surface area contributed by atoms with Gasteiger partial charge in [0.05, 0.1) is 0 Å². The first-order valence-electron chi connectivity index (χ1n) is 8.78. The lowest BCUT2D eigenvalue weighted by Crippen LogP contribution is -2.28. The number of aromatic nitrogens is 3. The molecule has 1 heterocycles. The normalized spacial score (nSPS) is 9.33. The lowest BCUT2D eigenvalue weighted by atomic mass is 10.3. The standard InChI is InChI=1S/C10H20N6O2.C6H6O.C2H6/c1-5-14(2)8-11-9(15(3)6-17)13-10(12-8)16(4)7-18;7-6-4-2-1-3-5-6;1-2/h17-18H,5-7H2,1-4H3;1-5,7H;1-2H3. The van der Waals surface area contributed by atoms with E-state index in [9.17, 15) is 0 Å². The highest BCUT2D eigenvalue weighted by atomic mass is 16.3. The molecule has 152 valence electrons. The van der Waals surface area contributed by atoms with Gasteiger partial charge >= 0.3 is 0 Å². The van der Waals surface area contributed by atoms with Gasteiger partial charge in [0.25, 0.3) is 0 Å². The molecule has 0 fully saturated rings. The molecule has 0 bridgehead atoms. The fourth-order valence-corrected chi connectivity index (χ4v) is 1.55. The summed E-state index contributed by atoms with van der Waals surface area (Å²) in [6.45, 7) is 6.34. The molecular weight excluding hydrogens is 348 g/mol. The van der Waals surface area contributed by atoms with Gasteiger partial charge in [-0.2, -0.15) is 15.0 Å². The number of rotatable bonds is 6. The molecule has 27 heavy (non-hydrogen) atoms. The van der Waals surface area contributed by atoms with Crippen molar-refractivity contribution in [1.29, 1.82) is 0 Å². The van der Waals surface area contributed by atoms with Gasteiger partial charge in [-0.15, -0.1) is 0 Å². The summed E-state index contributed by atoms with van der Waals surface area (Å²) in [7, 11) is 5.21. The Bertz CT molecular complexity index is 560. The van der Waals surface area contributed by atoms with E-state index in [0.717, 1.165) is 6.54 Å². The van der Waals surface area contributed by atoms with Crippen LogP contribution in [-0.4, -0.2) is 71.4 Å². The molecule has 0 aliphatic heterocycles. The minimum Gasteiger partial charge on any atom is -0.508 e. The van der Waals surface area contributed by atoms with E-state index in [0.29, 0.717) is 23.6 Å². The van der Waals surface area contributed by atoms with Crippen molar-refractivity contribution in [2.24, 2.45) is 0 Å². The molecule has 0 amide bonds. The number of phenols is 1. The lowest BCUT2D eigenvalue weighted by molar-refractivity contribution is 0.294. The number of aliphatic hydroxyl groups is 2. The van der Waals surface area contributed by atoms with Crippen molar-refractivity contribution >= 4 is 17.8 Å². The van der Waals surface area contributed by atoms with Crippen molar-refractivity contribution in [2.75, 3.05) is 55.8 Å². The average molecular weight is 380 g/mol. The molecule has 0 saturated carbocycles. The Balaban J connectivity index is 0.000000621. The van der Waals surface area contributed by atoms with Crippen molar-refractivity contribution < 1.29 is 15.3 Å². The van der Waals surface area contributed by atoms with Gasteiger partial charge in [-0.3, -0.25) is 0 Å². The van der Waals surface area contributed by atoms with Gasteiger partial charge in [-0.1, -0.05) is 32.0 Å². The maximum Gasteiger partial charge on any atom is 0.233 e. The van der Waals surface area contributed by atoms with Crippen LogP contribution in [-0.2, 0) is 0 Å². The third kappa shape index (κ3) is 8.52. The zero-order valence-electron chi connectivity index (χ0n) is 17.0. The molecule has 1 aromatic heterocycles. The van der Waals surface area contributed by atoms with Crippen LogP contribution in [0.3, 0.4) is 0 Å². The van der Waals surface area contributed by atoms with Gasteiger partial charge in [-0.05, 0) is 19.1 Å². The Morgan fingerprint density at radius 3 is 1.37 bits per heavy atom. The van der Waals surface area contributed by atoms with Gasteiger partial charge < -0.3 is 30.0 Å². The first-order chi connectivity index (χ1) is 12.9. The van der Waals surface area contributed by atoms with E-state index < -0.39 is 0 Å². The van der Waals surface area contributed by atoms with Crippen LogP contribution in [0.5, 0.6) is 5.75 Å². The Morgan fingerprint density at radius 2 is 1.11 bits per heavy atom. The second-order valence-corrected chi connectivity index (χ2v) is 5.26. The summed E-state index contributed by atoms with van der Waals surface area (Å²) in [5.74, 6) is 1.54. The predicted octanol–water partition coefficient (Wildman–Crippen LogP) is 1.52. The molecule has 1 aromatic carbocycles. The third-order valence-corrected chi connectivity index (χ3v) is 3.28. The zero-order chi connectivity index (χ0) is 20.8. The molecular formula is C18H32N6O3. The van der Waals surface area contributed by atoms with Crippen LogP contribution in [0.4, 0.5) is 17.8 Å². The molecule has 3 N–H and O–H groups in total. The molecule has 2 rings (SSSR count). The van der Waals surface area contributed by atoms with Gasteiger partial charge in [0.1, 0.15) is 19.2 Å². The van der Waals surface area contributed by atoms with E-state index >= 15 is 0 Å². The Morgan fingerprint density at radius 1 is 0.741 bits per heavy atom. The average Bonchev–Trinajstić information content (AvgIpc) is 2.73. The highest BCUT2D eigenvalue weighted by Gasteiger charge is 2.14. The molecule has 9 nitrogen and oxygen atoms in total. The molecule has 0 unspecified atom stereocenters. The second kappa shape index (κ2) is 13.5. The number of aliphatic hydroxyl groups excluding tert-OH is 2. The predicted molar refractivity (Wildman–Crippen MR) is 109 cm³/mol. The molecule has 0 saturated heterocycles. The first kappa shape index (κ1) is 24.4. The van der Waals surface area contributed by atoms with Crippen LogP contribution >= 0.6 is 0 Å². The van der Waals surface area contributed by atoms with Crippen molar-refractivity contribution in [3.63, 3.8) is 0 Å². The number of nitrogens with zero attached hydrogens (tertiary/aromatic N) is 6. The van der Waals surface area contributed by atoms with Crippen LogP contribution in [0.25, 0.3) is 0 Å². The smallest absolute Gasteiger partial charge is 0.233 e. The number of anilines is 3. The molecule has 2 aromatic rings. The van der Waals surface area contributed by atoms with E-state index in [1.165, 1.54) is 9.80 Å². The summed E-state index contributed by atoms with van der Waals surface area (Å²) in [6.07, 6.45) is 0. The number of para-hydroxylation sites is 1. The van der Waals surface area contributed by atoms with Crippen molar-refractivity contribution in [3.05, 3.63) is 30.3 Å². The second-order valence-electron chi connectivity index (χ2n) is 5.26. The number of phenolic OH excluding ortho intramolecular Hbond substituents is 1. The Labute approximate surface area is 161 Å². The van der Waals surface area contributed by atoms with E-state index in [4.69, 9.17) is 15.3 Å². The van der Waals surface area contributed by atoms with Crippen LogP contribution in [0.2, 0.25) is 0 Å². The molecule has 0 spiro atoms. The largest absolute Gasteiger partial charge is 0.508 e. The first-order valence-corrected chi connectivity index (χ1v) is 8.78. The van der Waals surface area contributed by atoms with E-state index in [1.54, 1.807) is 38.4 Å². The van der Waals surface area contributed by atoms with E-state index in [-0.39, 0.29) is 13.5 Å². The molecule has 9 heteroatoms. The highest BCUT2D eigenvalue weighted by Crippen LogP contribution is 2.16. The maximum absolute atomic E-state index is 9.11. The topological polar surface area (TPSA) is 109 Å². The molecule has 0 radical (unpaired) electrons. The minimum atomic E-state index is -0.193. The van der Waals surface area contributed by atoms with Crippen LogP contribution in [0.15, 0.2) is 30.3 Å². The summed E-state index contributed by atoms with van der Waals surface area (Å²) in [6, 6.07) is 8.71. The SMILES string of the molecule is CC.CCN(C)c1nc(N(C)CO)nc(N(C)CO)n1.Oc1ccccc1. The molecule has 0 aliphatic carbocycles. The molecule has 0 aliphatic rings. The van der Waals surface area contributed by atoms with Gasteiger partial charge in [-0.25, -0.2) is 0 Å². The number of benzene rings is 1. The van der Waals surface area contributed by atoms with Crippen molar-refractivity contribution in [2.45, 2.75) is 20.8 Å². The summed E-state index contributed by atoms with van der Waals surface area (Å²) in [5, 5.41) is 26.9. The van der Waals surface area contributed by atoms with E-state index in [1.807, 2.05) is 38.8 Å². The number of hydrogen-bond acceptors (Lipinski definition) is 9. The fraction of sp³-hybridized carbons (Fsp3) is 0.500. The highest BCUT2D eigenvalue weighted by molar-refractivity contribution is 5.45. The number of aromatic hydroxyl groups is 1. The van der Waals surface area contributed by atoms with Gasteiger partial charge in [0, 0.05) is 27.7 Å². The van der Waals surface area contributed by atoms with Crippen molar-refractivity contribution in [3.8, 4) is 5.75 Å². The third-order valence-electron chi connectivity index (χ3n) is 3.28. The van der Waals surface area contributed by atoms with Crippen LogP contribution < -0.4 is 14.7 Å². The van der Waals surface area contributed by atoms with Gasteiger partial charge in [0.15, 0.2) is 0 Å². The Hall–Kier alpha value is -2.65. The molecule has 0 atom stereocenters. The van der Waals surface area contributed by atoms with E-state index in [2.05, 4.69) is 15.0 Å². The van der Waals surface area contributed by atoms with Gasteiger partial charge in [0.2, 0.25) is 17.8 Å². The Kier molecular flexibility index (Phi) is 12.2. The fourth-order valence-electron chi connectivity index (χ4n) is 1.55. The van der Waals surface area contributed by atoms with Crippen molar-refractivity contribution in [1.82, 2.24) is 15.0 Å². The monoisotopic (exact) mass is 380 g/mol. The zero-order valence-corrected chi connectivity index (χ0v) is 17.0. The minimum absolute atomic E-state index is 0.193. The van der Waals surface area contributed by atoms with Crippen LogP contribution in [0, 0.1) is 0 Å². The summed E-state index contributed by atoms with van der Waals surface area (Å²) < 4.78 is 0. The summed E-state index contributed by atoms with van der Waals surface area (Å²) in [4.78, 5) is 17.5. The lowest BCUT2D eigenvalue weighted by Gasteiger charge is -2.21. The summed E-state index contributed by atoms with van der Waals surface area (Å²) in [5.41, 5.74) is 0.